The molecule has 0 aliphatic heterocycles. The normalized spacial score (nSPS) is 10.4. The Hall–Kier alpha value is -2.24. The summed E-state index contributed by atoms with van der Waals surface area (Å²) in [5, 5.41) is 11.7. The molecule has 0 atom stereocenters. The van der Waals surface area contributed by atoms with E-state index in [-0.39, 0.29) is 5.84 Å². The molecule has 6 nitrogen and oxygen atoms in total. The Balaban J connectivity index is 2.64. The molecule has 6 heteroatoms. The second-order valence-corrected chi connectivity index (χ2v) is 3.42. The van der Waals surface area contributed by atoms with Crippen LogP contribution >= 0.6 is 0 Å². The molecule has 16 heavy (non-hydrogen) atoms. The summed E-state index contributed by atoms with van der Waals surface area (Å²) >= 11 is 0. The van der Waals surface area contributed by atoms with Gasteiger partial charge in [-0.05, 0) is 19.9 Å². The summed E-state index contributed by atoms with van der Waals surface area (Å²) in [7, 11) is 0. The molecule has 0 bridgehead atoms. The molecule has 2 rings (SSSR count). The topological polar surface area (TPSA) is 93.5 Å². The fourth-order valence-electron chi connectivity index (χ4n) is 1.53. The predicted molar refractivity (Wildman–Crippen MR) is 59.6 cm³/mol. The third-order valence-corrected chi connectivity index (χ3v) is 2.19. The van der Waals surface area contributed by atoms with Crippen LogP contribution in [0.4, 0.5) is 0 Å². The zero-order valence-corrected chi connectivity index (χ0v) is 9.10. The largest absolute Gasteiger partial charge is 0.384 e. The van der Waals surface area contributed by atoms with E-state index in [0.29, 0.717) is 17.1 Å². The quantitative estimate of drug-likeness (QED) is 0.566. The first-order valence-corrected chi connectivity index (χ1v) is 4.78. The number of amidine groups is 1. The van der Waals surface area contributed by atoms with Crippen molar-refractivity contribution in [2.75, 3.05) is 0 Å². The van der Waals surface area contributed by atoms with Gasteiger partial charge in [0.1, 0.15) is 17.5 Å². The number of pyridine rings is 1. The van der Waals surface area contributed by atoms with Crippen molar-refractivity contribution >= 4 is 5.84 Å². The lowest BCUT2D eigenvalue weighted by Crippen LogP contribution is -2.16. The Morgan fingerprint density at radius 1 is 1.44 bits per heavy atom. The first kappa shape index (κ1) is 10.3. The van der Waals surface area contributed by atoms with Gasteiger partial charge in [-0.2, -0.15) is 5.10 Å². The summed E-state index contributed by atoms with van der Waals surface area (Å²) in [5.74, 6) is 1.41. The van der Waals surface area contributed by atoms with Gasteiger partial charge in [0.2, 0.25) is 0 Å². The van der Waals surface area contributed by atoms with Crippen LogP contribution in [0.15, 0.2) is 18.5 Å². The van der Waals surface area contributed by atoms with Crippen molar-refractivity contribution < 1.29 is 0 Å². The highest BCUT2D eigenvalue weighted by molar-refractivity contribution is 5.98. The van der Waals surface area contributed by atoms with Crippen molar-refractivity contribution in [3.63, 3.8) is 0 Å². The number of nitrogen functional groups attached to an aromatic ring is 1. The average molecular weight is 216 g/mol. The molecule has 82 valence electrons. The Labute approximate surface area is 92.7 Å². The predicted octanol–water partition coefficient (Wildman–Crippen LogP) is 0.563. The second-order valence-electron chi connectivity index (χ2n) is 3.42. The van der Waals surface area contributed by atoms with Crippen LogP contribution in [-0.2, 0) is 0 Å². The summed E-state index contributed by atoms with van der Waals surface area (Å²) in [4.78, 5) is 8.21. The van der Waals surface area contributed by atoms with Gasteiger partial charge in [-0.15, -0.1) is 0 Å². The number of nitrogens with two attached hydrogens (primary N) is 1. The van der Waals surface area contributed by atoms with Gasteiger partial charge in [-0.3, -0.25) is 10.4 Å². The lowest BCUT2D eigenvalue weighted by molar-refractivity contribution is 0.824. The van der Waals surface area contributed by atoms with E-state index >= 15 is 0 Å². The van der Waals surface area contributed by atoms with E-state index in [1.165, 1.54) is 0 Å². The highest BCUT2D eigenvalue weighted by Gasteiger charge is 2.11. The molecule has 0 aliphatic rings. The highest BCUT2D eigenvalue weighted by atomic mass is 15.3. The minimum absolute atomic E-state index is 0.00930. The number of nitrogens with one attached hydrogen (secondary N) is 1. The molecule has 0 amide bonds. The SMILES string of the molecule is Cc1nc(C)n(-c2cnccc2C(=N)N)n1. The molecule has 0 unspecified atom stereocenters. The number of rotatable bonds is 2. The summed E-state index contributed by atoms with van der Waals surface area (Å²) < 4.78 is 1.64. The Morgan fingerprint density at radius 3 is 2.75 bits per heavy atom. The first-order valence-electron chi connectivity index (χ1n) is 4.78. The monoisotopic (exact) mass is 216 g/mol. The molecule has 0 saturated carbocycles. The fraction of sp³-hybridized carbons (Fsp3) is 0.200. The van der Waals surface area contributed by atoms with E-state index < -0.39 is 0 Å². The molecule has 0 spiro atoms. The van der Waals surface area contributed by atoms with Gasteiger partial charge in [-0.1, -0.05) is 0 Å². The summed E-state index contributed by atoms with van der Waals surface area (Å²) in [5.41, 5.74) is 6.78. The average Bonchev–Trinajstić information content (AvgIpc) is 2.57. The van der Waals surface area contributed by atoms with Crippen LogP contribution in [0, 0.1) is 19.3 Å². The van der Waals surface area contributed by atoms with Gasteiger partial charge in [0, 0.05) is 11.8 Å². The molecule has 0 saturated heterocycles. The van der Waals surface area contributed by atoms with Crippen molar-refractivity contribution in [2.45, 2.75) is 13.8 Å². The highest BCUT2D eigenvalue weighted by Crippen LogP contribution is 2.13. The Morgan fingerprint density at radius 2 is 2.19 bits per heavy atom. The van der Waals surface area contributed by atoms with Crippen LogP contribution in [0.1, 0.15) is 17.2 Å². The van der Waals surface area contributed by atoms with Crippen molar-refractivity contribution in [3.8, 4) is 5.69 Å². The van der Waals surface area contributed by atoms with E-state index in [0.717, 1.165) is 5.82 Å². The summed E-state index contributed by atoms with van der Waals surface area (Å²) in [6, 6.07) is 1.69. The van der Waals surface area contributed by atoms with E-state index in [4.69, 9.17) is 11.1 Å². The van der Waals surface area contributed by atoms with E-state index in [2.05, 4.69) is 15.1 Å². The molecule has 3 N–H and O–H groups in total. The number of hydrogen-bond donors (Lipinski definition) is 2. The van der Waals surface area contributed by atoms with Crippen molar-refractivity contribution in [1.29, 1.82) is 5.41 Å². The number of aromatic nitrogens is 4. The molecule has 2 heterocycles. The molecule has 0 aliphatic carbocycles. The minimum Gasteiger partial charge on any atom is -0.384 e. The van der Waals surface area contributed by atoms with Crippen LogP contribution in [0.3, 0.4) is 0 Å². The third kappa shape index (κ3) is 1.65. The van der Waals surface area contributed by atoms with Gasteiger partial charge < -0.3 is 5.73 Å². The minimum atomic E-state index is -0.00930. The molecule has 2 aromatic heterocycles. The zero-order valence-electron chi connectivity index (χ0n) is 9.10. The van der Waals surface area contributed by atoms with Crippen LogP contribution < -0.4 is 5.73 Å². The second kappa shape index (κ2) is 3.73. The smallest absolute Gasteiger partial charge is 0.148 e. The van der Waals surface area contributed by atoms with Gasteiger partial charge in [0.25, 0.3) is 0 Å². The molecule has 0 radical (unpaired) electrons. The lowest BCUT2D eigenvalue weighted by atomic mass is 10.2. The van der Waals surface area contributed by atoms with Crippen molar-refractivity contribution in [3.05, 3.63) is 35.7 Å². The van der Waals surface area contributed by atoms with Crippen LogP contribution in [0.5, 0.6) is 0 Å². The zero-order chi connectivity index (χ0) is 11.7. The maximum Gasteiger partial charge on any atom is 0.148 e. The van der Waals surface area contributed by atoms with Crippen molar-refractivity contribution in [1.82, 2.24) is 19.7 Å². The molecular weight excluding hydrogens is 204 g/mol. The van der Waals surface area contributed by atoms with Crippen molar-refractivity contribution in [2.24, 2.45) is 5.73 Å². The van der Waals surface area contributed by atoms with Gasteiger partial charge in [-0.25, -0.2) is 9.67 Å². The first-order chi connectivity index (χ1) is 7.59. The van der Waals surface area contributed by atoms with Crippen LogP contribution in [0.25, 0.3) is 5.69 Å². The van der Waals surface area contributed by atoms with Gasteiger partial charge in [0.15, 0.2) is 0 Å². The van der Waals surface area contributed by atoms with E-state index in [1.54, 1.807) is 23.1 Å². The van der Waals surface area contributed by atoms with E-state index in [9.17, 15) is 0 Å². The van der Waals surface area contributed by atoms with Gasteiger partial charge >= 0.3 is 0 Å². The molecule has 2 aromatic rings. The number of nitrogens with zero attached hydrogens (tertiary/aromatic N) is 4. The third-order valence-electron chi connectivity index (χ3n) is 2.19. The van der Waals surface area contributed by atoms with E-state index in [1.807, 2.05) is 13.8 Å². The maximum absolute atomic E-state index is 7.49. The number of hydrogen-bond acceptors (Lipinski definition) is 4. The van der Waals surface area contributed by atoms with Gasteiger partial charge in [0.05, 0.1) is 11.9 Å². The fourth-order valence-corrected chi connectivity index (χ4v) is 1.53. The Kier molecular flexibility index (Phi) is 2.40. The number of aryl methyl sites for hydroxylation is 2. The Bertz CT molecular complexity index is 542. The summed E-state index contributed by atoms with van der Waals surface area (Å²) in [6.07, 6.45) is 3.22. The molecule has 0 aromatic carbocycles. The molecule has 0 fully saturated rings. The molecular formula is C10H12N6. The maximum atomic E-state index is 7.49. The lowest BCUT2D eigenvalue weighted by Gasteiger charge is -2.07. The summed E-state index contributed by atoms with van der Waals surface area (Å²) in [6.45, 7) is 3.66. The van der Waals surface area contributed by atoms with Crippen LogP contribution in [-0.4, -0.2) is 25.6 Å². The van der Waals surface area contributed by atoms with Crippen LogP contribution in [0.2, 0.25) is 0 Å². The standard InChI is InChI=1S/C10H12N6/c1-6-14-7(2)16(15-6)9-5-13-4-3-8(9)10(11)12/h3-5H,1-2H3,(H3,11,12).